The summed E-state index contributed by atoms with van der Waals surface area (Å²) in [5.41, 5.74) is 5.09. The first-order valence-electron chi connectivity index (χ1n) is 7.52. The average Bonchev–Trinajstić information content (AvgIpc) is 2.84. The van der Waals surface area contributed by atoms with E-state index in [4.69, 9.17) is 0 Å². The normalized spacial score (nSPS) is 17.3. The Bertz CT molecular complexity index is 699. The molecule has 0 aromatic heterocycles. The van der Waals surface area contributed by atoms with E-state index in [0.29, 0.717) is 12.1 Å². The fourth-order valence-corrected chi connectivity index (χ4v) is 2.52. The largest absolute Gasteiger partial charge is 0.378 e. The Morgan fingerprint density at radius 3 is 2.00 bits per heavy atom. The predicted molar refractivity (Wildman–Crippen MR) is 91.1 cm³/mol. The van der Waals surface area contributed by atoms with Crippen molar-refractivity contribution in [2.24, 2.45) is 0 Å². The average molecular weight is 292 g/mol. The lowest BCUT2D eigenvalue weighted by atomic mass is 10.2. The van der Waals surface area contributed by atoms with E-state index in [1.165, 1.54) is 11.1 Å². The molecule has 1 aliphatic rings. The summed E-state index contributed by atoms with van der Waals surface area (Å²) < 4.78 is 0. The van der Waals surface area contributed by atoms with E-state index < -0.39 is 0 Å². The van der Waals surface area contributed by atoms with Crippen molar-refractivity contribution < 1.29 is 4.79 Å². The van der Waals surface area contributed by atoms with E-state index in [0.717, 1.165) is 11.4 Å². The number of carbonyl (C=O) groups excluding carboxylic acids is 1. The zero-order valence-corrected chi connectivity index (χ0v) is 12.9. The number of hydrogen-bond donors (Lipinski definition) is 2. The second kappa shape index (κ2) is 6.06. The highest BCUT2D eigenvalue weighted by atomic mass is 16.1. The first-order valence-corrected chi connectivity index (χ1v) is 7.52. The Kier molecular flexibility index (Phi) is 3.96. The summed E-state index contributed by atoms with van der Waals surface area (Å²) in [6, 6.07) is 16.3. The summed E-state index contributed by atoms with van der Waals surface area (Å²) in [5.74, 6) is 0.144. The first-order chi connectivity index (χ1) is 10.6. The third kappa shape index (κ3) is 3.37. The van der Waals surface area contributed by atoms with Crippen LogP contribution in [0.3, 0.4) is 0 Å². The molecule has 3 nitrogen and oxygen atoms in total. The molecule has 22 heavy (non-hydrogen) atoms. The number of aryl methyl sites for hydroxylation is 2. The molecule has 2 N–H and O–H groups in total. The van der Waals surface area contributed by atoms with Crippen LogP contribution < -0.4 is 10.6 Å². The highest BCUT2D eigenvalue weighted by Crippen LogP contribution is 2.22. The zero-order valence-electron chi connectivity index (χ0n) is 12.9. The molecular formula is C19H20N2O. The SMILES string of the molecule is Cc1ccc(NC2=C[C@H](Nc3ccc(C)cc3)CC2=O)cc1. The molecule has 0 spiro atoms. The molecular weight excluding hydrogens is 272 g/mol. The van der Waals surface area contributed by atoms with Crippen LogP contribution >= 0.6 is 0 Å². The van der Waals surface area contributed by atoms with Crippen molar-refractivity contribution in [1.29, 1.82) is 0 Å². The summed E-state index contributed by atoms with van der Waals surface area (Å²) in [7, 11) is 0. The van der Waals surface area contributed by atoms with Crippen LogP contribution in [-0.4, -0.2) is 11.8 Å². The van der Waals surface area contributed by atoms with Crippen molar-refractivity contribution in [3.63, 3.8) is 0 Å². The molecule has 2 aromatic rings. The molecule has 0 bridgehead atoms. The van der Waals surface area contributed by atoms with E-state index in [-0.39, 0.29) is 11.8 Å². The molecule has 0 saturated carbocycles. The van der Waals surface area contributed by atoms with E-state index in [1.54, 1.807) is 0 Å². The van der Waals surface area contributed by atoms with Crippen molar-refractivity contribution in [2.75, 3.05) is 10.6 Å². The highest BCUT2D eigenvalue weighted by Gasteiger charge is 2.24. The number of carbonyl (C=O) groups is 1. The van der Waals surface area contributed by atoms with Crippen LogP contribution in [0, 0.1) is 13.8 Å². The minimum absolute atomic E-state index is 0.0446. The quantitative estimate of drug-likeness (QED) is 0.893. The van der Waals surface area contributed by atoms with E-state index in [2.05, 4.69) is 29.7 Å². The topological polar surface area (TPSA) is 41.1 Å². The number of anilines is 2. The maximum Gasteiger partial charge on any atom is 0.181 e. The van der Waals surface area contributed by atoms with Gasteiger partial charge >= 0.3 is 0 Å². The maximum atomic E-state index is 12.1. The molecule has 1 aliphatic carbocycles. The molecule has 0 radical (unpaired) electrons. The molecule has 0 unspecified atom stereocenters. The van der Waals surface area contributed by atoms with Gasteiger partial charge in [-0.2, -0.15) is 0 Å². The van der Waals surface area contributed by atoms with Crippen molar-refractivity contribution >= 4 is 17.2 Å². The Labute approximate surface area is 131 Å². The fourth-order valence-electron chi connectivity index (χ4n) is 2.52. The van der Waals surface area contributed by atoms with Gasteiger partial charge in [-0.05, 0) is 44.2 Å². The molecule has 112 valence electrons. The second-order valence-corrected chi connectivity index (χ2v) is 5.82. The molecule has 0 aliphatic heterocycles. The third-order valence-corrected chi connectivity index (χ3v) is 3.81. The molecule has 0 amide bonds. The van der Waals surface area contributed by atoms with Crippen molar-refractivity contribution in [2.45, 2.75) is 26.3 Å². The number of hydrogen-bond acceptors (Lipinski definition) is 3. The summed E-state index contributed by atoms with van der Waals surface area (Å²) in [5, 5.41) is 6.60. The molecule has 2 aromatic carbocycles. The van der Waals surface area contributed by atoms with E-state index in [9.17, 15) is 4.79 Å². The van der Waals surface area contributed by atoms with Gasteiger partial charge in [-0.3, -0.25) is 4.79 Å². The Hall–Kier alpha value is -2.55. The zero-order chi connectivity index (χ0) is 15.5. The van der Waals surface area contributed by atoms with Crippen LogP contribution in [0.15, 0.2) is 60.3 Å². The third-order valence-electron chi connectivity index (χ3n) is 3.81. The number of Topliss-reactive ketones (excluding diaryl/α,β-unsaturated/α-hetero) is 1. The van der Waals surface area contributed by atoms with Gasteiger partial charge in [0.2, 0.25) is 0 Å². The minimum Gasteiger partial charge on any atom is -0.378 e. The molecule has 0 saturated heterocycles. The highest BCUT2D eigenvalue weighted by molar-refractivity contribution is 6.01. The lowest BCUT2D eigenvalue weighted by Crippen LogP contribution is -2.15. The smallest absolute Gasteiger partial charge is 0.181 e. The predicted octanol–water partition coefficient (Wildman–Crippen LogP) is 4.05. The van der Waals surface area contributed by atoms with Crippen LogP contribution in [0.2, 0.25) is 0 Å². The summed E-state index contributed by atoms with van der Waals surface area (Å²) in [6.07, 6.45) is 2.46. The molecule has 3 rings (SSSR count). The molecule has 1 atom stereocenters. The van der Waals surface area contributed by atoms with Gasteiger partial charge in [-0.25, -0.2) is 0 Å². The second-order valence-electron chi connectivity index (χ2n) is 5.82. The van der Waals surface area contributed by atoms with Crippen LogP contribution in [0.4, 0.5) is 11.4 Å². The van der Waals surface area contributed by atoms with Crippen LogP contribution in [0.1, 0.15) is 17.5 Å². The number of rotatable bonds is 4. The molecule has 0 heterocycles. The lowest BCUT2D eigenvalue weighted by Gasteiger charge is -2.11. The van der Waals surface area contributed by atoms with Gasteiger partial charge in [0.05, 0.1) is 11.7 Å². The van der Waals surface area contributed by atoms with Crippen molar-refractivity contribution in [3.8, 4) is 0 Å². The van der Waals surface area contributed by atoms with Crippen LogP contribution in [0.25, 0.3) is 0 Å². The van der Waals surface area contributed by atoms with Crippen molar-refractivity contribution in [3.05, 3.63) is 71.4 Å². The van der Waals surface area contributed by atoms with Gasteiger partial charge in [-0.1, -0.05) is 35.4 Å². The monoisotopic (exact) mass is 292 g/mol. The van der Waals surface area contributed by atoms with Crippen LogP contribution in [0.5, 0.6) is 0 Å². The van der Waals surface area contributed by atoms with Gasteiger partial charge < -0.3 is 10.6 Å². The van der Waals surface area contributed by atoms with Gasteiger partial charge in [-0.15, -0.1) is 0 Å². The van der Waals surface area contributed by atoms with Crippen molar-refractivity contribution in [1.82, 2.24) is 0 Å². The van der Waals surface area contributed by atoms with Gasteiger partial charge in [0.25, 0.3) is 0 Å². The summed E-state index contributed by atoms with van der Waals surface area (Å²) >= 11 is 0. The number of nitrogens with one attached hydrogen (secondary N) is 2. The van der Waals surface area contributed by atoms with Crippen LogP contribution in [-0.2, 0) is 4.79 Å². The standard InChI is InChI=1S/C19H20N2O/c1-13-3-7-15(8-4-13)20-17-11-18(19(22)12-17)21-16-9-5-14(2)6-10-16/h3-11,17,20-21H,12H2,1-2H3/t17-/m0/s1. The Morgan fingerprint density at radius 1 is 0.864 bits per heavy atom. The van der Waals surface area contributed by atoms with E-state index >= 15 is 0 Å². The number of allylic oxidation sites excluding steroid dienone is 1. The van der Waals surface area contributed by atoms with Gasteiger partial charge in [0.15, 0.2) is 5.78 Å². The first kappa shape index (κ1) is 14.4. The number of ketones is 1. The Morgan fingerprint density at radius 2 is 1.41 bits per heavy atom. The number of benzene rings is 2. The van der Waals surface area contributed by atoms with E-state index in [1.807, 2.05) is 49.4 Å². The lowest BCUT2D eigenvalue weighted by molar-refractivity contribution is -0.114. The summed E-state index contributed by atoms with van der Waals surface area (Å²) in [6.45, 7) is 4.11. The van der Waals surface area contributed by atoms with Gasteiger partial charge in [0.1, 0.15) is 0 Å². The van der Waals surface area contributed by atoms with Gasteiger partial charge in [0, 0.05) is 17.8 Å². The summed E-state index contributed by atoms with van der Waals surface area (Å²) in [4.78, 5) is 12.1. The maximum absolute atomic E-state index is 12.1. The molecule has 0 fully saturated rings. The fraction of sp³-hybridized carbons (Fsp3) is 0.211. The molecule has 3 heteroatoms. The minimum atomic E-state index is 0.0446. The Balaban J connectivity index is 1.68.